The third-order valence-electron chi connectivity index (χ3n) is 2.08. The monoisotopic (exact) mass is 207 g/mol. The van der Waals surface area contributed by atoms with Crippen molar-refractivity contribution in [2.75, 3.05) is 5.73 Å². The van der Waals surface area contributed by atoms with Gasteiger partial charge in [-0.05, 0) is 36.1 Å². The van der Waals surface area contributed by atoms with E-state index in [1.807, 2.05) is 13.0 Å². The molecule has 3 nitrogen and oxygen atoms in total. The van der Waals surface area contributed by atoms with E-state index >= 15 is 0 Å². The van der Waals surface area contributed by atoms with Crippen LogP contribution in [0.1, 0.15) is 15.2 Å². The Hall–Kier alpha value is -1.55. The number of nitrogen functional groups attached to an aromatic ring is 1. The fourth-order valence-corrected chi connectivity index (χ4v) is 2.47. The summed E-state index contributed by atoms with van der Waals surface area (Å²) in [5.74, 6) is -0.885. The zero-order valence-corrected chi connectivity index (χ0v) is 8.39. The maximum Gasteiger partial charge on any atom is 0.345 e. The van der Waals surface area contributed by atoms with Crippen molar-refractivity contribution in [1.82, 2.24) is 0 Å². The number of aromatic carboxylic acids is 1. The summed E-state index contributed by atoms with van der Waals surface area (Å²) in [5, 5.41) is 9.80. The molecule has 3 N–H and O–H groups in total. The molecule has 1 heterocycles. The first-order chi connectivity index (χ1) is 6.58. The van der Waals surface area contributed by atoms with Gasteiger partial charge in [-0.15, -0.1) is 11.3 Å². The molecule has 0 atom stereocenters. The lowest BCUT2D eigenvalue weighted by atomic mass is 10.1. The van der Waals surface area contributed by atoms with Gasteiger partial charge in [0.05, 0.1) is 0 Å². The summed E-state index contributed by atoms with van der Waals surface area (Å²) in [6, 6.07) is 5.34. The molecule has 14 heavy (non-hydrogen) atoms. The Bertz CT molecular complexity index is 516. The SMILES string of the molecule is Cc1cc(N)cc2sc(C(=O)O)cc12. The highest BCUT2D eigenvalue weighted by Gasteiger charge is 2.09. The van der Waals surface area contributed by atoms with Gasteiger partial charge in [-0.2, -0.15) is 0 Å². The van der Waals surface area contributed by atoms with Crippen molar-refractivity contribution < 1.29 is 9.90 Å². The van der Waals surface area contributed by atoms with Gasteiger partial charge < -0.3 is 10.8 Å². The molecule has 0 aliphatic carbocycles. The predicted molar refractivity (Wildman–Crippen MR) is 57.9 cm³/mol. The third kappa shape index (κ3) is 1.33. The van der Waals surface area contributed by atoms with Crippen molar-refractivity contribution in [3.8, 4) is 0 Å². The van der Waals surface area contributed by atoms with Crippen molar-refractivity contribution >= 4 is 33.1 Å². The number of hydrogen-bond acceptors (Lipinski definition) is 3. The van der Waals surface area contributed by atoms with Crippen LogP contribution in [0.3, 0.4) is 0 Å². The van der Waals surface area contributed by atoms with Gasteiger partial charge in [0.1, 0.15) is 4.88 Å². The highest BCUT2D eigenvalue weighted by Crippen LogP contribution is 2.30. The molecule has 0 fully saturated rings. The minimum atomic E-state index is -0.885. The number of carboxylic acids is 1. The summed E-state index contributed by atoms with van der Waals surface area (Å²) < 4.78 is 0.930. The molecule has 2 rings (SSSR count). The molecule has 0 amide bonds. The number of thiophene rings is 1. The highest BCUT2D eigenvalue weighted by atomic mass is 32.1. The Morgan fingerprint density at radius 2 is 2.14 bits per heavy atom. The summed E-state index contributed by atoms with van der Waals surface area (Å²) in [5.41, 5.74) is 7.36. The molecule has 0 radical (unpaired) electrons. The van der Waals surface area contributed by atoms with Crippen LogP contribution >= 0.6 is 11.3 Å². The number of carbonyl (C=O) groups is 1. The number of fused-ring (bicyclic) bond motifs is 1. The molecule has 0 saturated heterocycles. The van der Waals surface area contributed by atoms with Crippen LogP contribution in [0, 0.1) is 6.92 Å². The van der Waals surface area contributed by atoms with Crippen molar-refractivity contribution in [1.29, 1.82) is 0 Å². The van der Waals surface area contributed by atoms with E-state index in [9.17, 15) is 4.79 Å². The number of aryl methyl sites for hydroxylation is 1. The first kappa shape index (κ1) is 9.02. The van der Waals surface area contributed by atoms with Crippen LogP contribution in [-0.2, 0) is 0 Å². The minimum Gasteiger partial charge on any atom is -0.477 e. The molecule has 0 aliphatic rings. The lowest BCUT2D eigenvalue weighted by Gasteiger charge is -1.97. The van der Waals surface area contributed by atoms with Crippen LogP contribution in [0.5, 0.6) is 0 Å². The number of benzene rings is 1. The molecule has 1 aromatic carbocycles. The van der Waals surface area contributed by atoms with E-state index in [-0.39, 0.29) is 0 Å². The lowest BCUT2D eigenvalue weighted by molar-refractivity contribution is 0.0702. The van der Waals surface area contributed by atoms with E-state index in [2.05, 4.69) is 0 Å². The average molecular weight is 207 g/mol. The predicted octanol–water partition coefficient (Wildman–Crippen LogP) is 2.49. The Labute approximate surface area is 84.8 Å². The summed E-state index contributed by atoms with van der Waals surface area (Å²) in [6.07, 6.45) is 0. The Morgan fingerprint density at radius 1 is 1.43 bits per heavy atom. The molecule has 0 aliphatic heterocycles. The van der Waals surface area contributed by atoms with Crippen LogP contribution in [-0.4, -0.2) is 11.1 Å². The molecule has 72 valence electrons. The van der Waals surface area contributed by atoms with Gasteiger partial charge in [0, 0.05) is 10.4 Å². The van der Waals surface area contributed by atoms with Gasteiger partial charge >= 0.3 is 5.97 Å². The van der Waals surface area contributed by atoms with E-state index in [1.165, 1.54) is 11.3 Å². The number of carboxylic acid groups (broad SMARTS) is 1. The summed E-state index contributed by atoms with van der Waals surface area (Å²) in [4.78, 5) is 11.1. The Morgan fingerprint density at radius 3 is 2.79 bits per heavy atom. The molecule has 2 aromatic rings. The van der Waals surface area contributed by atoms with Gasteiger partial charge in [0.15, 0.2) is 0 Å². The van der Waals surface area contributed by atoms with Gasteiger partial charge in [-0.1, -0.05) is 0 Å². The van der Waals surface area contributed by atoms with E-state index in [0.29, 0.717) is 10.6 Å². The first-order valence-corrected chi connectivity index (χ1v) is 4.92. The molecule has 1 aromatic heterocycles. The molecule has 0 bridgehead atoms. The molecular formula is C10H9NO2S. The summed E-state index contributed by atoms with van der Waals surface area (Å²) in [6.45, 7) is 1.93. The van der Waals surface area contributed by atoms with Crippen molar-refractivity contribution in [3.05, 3.63) is 28.6 Å². The minimum absolute atomic E-state index is 0.355. The highest BCUT2D eigenvalue weighted by molar-refractivity contribution is 7.20. The number of anilines is 1. The summed E-state index contributed by atoms with van der Waals surface area (Å²) in [7, 11) is 0. The first-order valence-electron chi connectivity index (χ1n) is 4.11. The lowest BCUT2D eigenvalue weighted by Crippen LogP contribution is -1.89. The van der Waals surface area contributed by atoms with Gasteiger partial charge in [0.25, 0.3) is 0 Å². The maximum atomic E-state index is 10.7. The van der Waals surface area contributed by atoms with E-state index in [4.69, 9.17) is 10.8 Å². The number of hydrogen-bond donors (Lipinski definition) is 2. The fourth-order valence-electron chi connectivity index (χ4n) is 1.45. The van der Waals surface area contributed by atoms with Crippen LogP contribution in [0.15, 0.2) is 18.2 Å². The van der Waals surface area contributed by atoms with Crippen LogP contribution in [0.25, 0.3) is 10.1 Å². The second kappa shape index (κ2) is 2.99. The summed E-state index contributed by atoms with van der Waals surface area (Å²) >= 11 is 1.25. The van der Waals surface area contributed by atoms with Gasteiger partial charge in [-0.25, -0.2) is 4.79 Å². The zero-order chi connectivity index (χ0) is 10.3. The average Bonchev–Trinajstić information content (AvgIpc) is 2.47. The van der Waals surface area contributed by atoms with Crippen molar-refractivity contribution in [2.45, 2.75) is 6.92 Å². The zero-order valence-electron chi connectivity index (χ0n) is 7.57. The van der Waals surface area contributed by atoms with E-state index < -0.39 is 5.97 Å². The molecule has 0 spiro atoms. The molecule has 0 unspecified atom stereocenters. The number of rotatable bonds is 1. The fraction of sp³-hybridized carbons (Fsp3) is 0.100. The molecule has 4 heteroatoms. The van der Waals surface area contributed by atoms with Crippen LogP contribution in [0.4, 0.5) is 5.69 Å². The standard InChI is InChI=1S/C10H9NO2S/c1-5-2-6(11)3-8-7(5)4-9(14-8)10(12)13/h2-4H,11H2,1H3,(H,12,13). The van der Waals surface area contributed by atoms with Crippen molar-refractivity contribution in [2.24, 2.45) is 0 Å². The smallest absolute Gasteiger partial charge is 0.345 e. The largest absolute Gasteiger partial charge is 0.477 e. The van der Waals surface area contributed by atoms with Gasteiger partial charge in [0.2, 0.25) is 0 Å². The molecule has 0 saturated carbocycles. The van der Waals surface area contributed by atoms with Gasteiger partial charge in [-0.3, -0.25) is 0 Å². The second-order valence-corrected chi connectivity index (χ2v) is 4.25. The van der Waals surface area contributed by atoms with Crippen molar-refractivity contribution in [3.63, 3.8) is 0 Å². The van der Waals surface area contributed by atoms with Crippen LogP contribution < -0.4 is 5.73 Å². The normalized spacial score (nSPS) is 10.6. The topological polar surface area (TPSA) is 63.3 Å². The van der Waals surface area contributed by atoms with E-state index in [1.54, 1.807) is 12.1 Å². The second-order valence-electron chi connectivity index (χ2n) is 3.17. The van der Waals surface area contributed by atoms with E-state index in [0.717, 1.165) is 15.6 Å². The Kier molecular flexibility index (Phi) is 1.93. The number of nitrogens with two attached hydrogens (primary N) is 1. The quantitative estimate of drug-likeness (QED) is 0.706. The Balaban J connectivity index is 2.76. The third-order valence-corrected chi connectivity index (χ3v) is 3.15. The van der Waals surface area contributed by atoms with Crippen LogP contribution in [0.2, 0.25) is 0 Å². The maximum absolute atomic E-state index is 10.7. The molecular weight excluding hydrogens is 198 g/mol.